The van der Waals surface area contributed by atoms with Crippen LogP contribution >= 0.6 is 0 Å². The summed E-state index contributed by atoms with van der Waals surface area (Å²) in [5.74, 6) is -0.905. The fourth-order valence-electron chi connectivity index (χ4n) is 2.67. The van der Waals surface area contributed by atoms with Crippen LogP contribution in [0.4, 0.5) is 0 Å². The standard InChI is InChI=1S/C20H23NO7S/c1-13-7-14(2)9-17(8-13)28-6-5-21-29(24,25)18-11-15(19(22)26-3)10-16(12-18)20(23)27-4/h7-12,21H,5-6H2,1-4H3. The van der Waals surface area contributed by atoms with Crippen LogP contribution in [0.3, 0.4) is 0 Å². The maximum absolute atomic E-state index is 12.6. The summed E-state index contributed by atoms with van der Waals surface area (Å²) in [6, 6.07) is 9.17. The fraction of sp³-hybridized carbons (Fsp3) is 0.300. The summed E-state index contributed by atoms with van der Waals surface area (Å²) in [4.78, 5) is 23.4. The summed E-state index contributed by atoms with van der Waals surface area (Å²) in [6.45, 7) is 3.97. The third kappa shape index (κ3) is 6.03. The number of benzene rings is 2. The van der Waals surface area contributed by atoms with E-state index in [1.54, 1.807) is 0 Å². The average molecular weight is 421 g/mol. The maximum Gasteiger partial charge on any atom is 0.337 e. The van der Waals surface area contributed by atoms with E-state index in [9.17, 15) is 18.0 Å². The lowest BCUT2D eigenvalue weighted by Crippen LogP contribution is -2.28. The van der Waals surface area contributed by atoms with Crippen LogP contribution in [0.2, 0.25) is 0 Å². The SMILES string of the molecule is COC(=O)c1cc(C(=O)OC)cc(S(=O)(=O)NCCOc2cc(C)cc(C)c2)c1. The molecule has 0 unspecified atom stereocenters. The minimum atomic E-state index is -4.01. The molecule has 0 radical (unpaired) electrons. The van der Waals surface area contributed by atoms with Crippen LogP contribution < -0.4 is 9.46 Å². The van der Waals surface area contributed by atoms with Crippen LogP contribution in [0.1, 0.15) is 31.8 Å². The van der Waals surface area contributed by atoms with Gasteiger partial charge >= 0.3 is 11.9 Å². The third-order valence-corrected chi connectivity index (χ3v) is 5.36. The fourth-order valence-corrected chi connectivity index (χ4v) is 3.75. The van der Waals surface area contributed by atoms with Crippen molar-refractivity contribution in [3.05, 3.63) is 58.7 Å². The monoisotopic (exact) mass is 421 g/mol. The Hall–Kier alpha value is -2.91. The van der Waals surface area contributed by atoms with Gasteiger partial charge in [0.2, 0.25) is 10.0 Å². The predicted octanol–water partition coefficient (Wildman–Crippen LogP) is 2.23. The van der Waals surface area contributed by atoms with Gasteiger partial charge in [-0.05, 0) is 55.3 Å². The molecule has 0 spiro atoms. The Bertz CT molecular complexity index is 961. The van der Waals surface area contributed by atoms with Crippen LogP contribution in [-0.4, -0.2) is 47.7 Å². The van der Waals surface area contributed by atoms with Gasteiger partial charge < -0.3 is 14.2 Å². The highest BCUT2D eigenvalue weighted by Crippen LogP contribution is 2.18. The van der Waals surface area contributed by atoms with Crippen molar-refractivity contribution in [2.45, 2.75) is 18.7 Å². The lowest BCUT2D eigenvalue weighted by atomic mass is 10.1. The summed E-state index contributed by atoms with van der Waals surface area (Å²) in [5.41, 5.74) is 1.91. The number of carbonyl (C=O) groups is 2. The number of aryl methyl sites for hydroxylation is 2. The highest BCUT2D eigenvalue weighted by Gasteiger charge is 2.21. The molecule has 0 aliphatic carbocycles. The van der Waals surface area contributed by atoms with Gasteiger partial charge in [0.05, 0.1) is 30.2 Å². The molecular formula is C20H23NO7S. The zero-order valence-corrected chi connectivity index (χ0v) is 17.5. The highest BCUT2D eigenvalue weighted by molar-refractivity contribution is 7.89. The second-order valence-corrected chi connectivity index (χ2v) is 8.07. The molecule has 2 rings (SSSR count). The van der Waals surface area contributed by atoms with E-state index >= 15 is 0 Å². The van der Waals surface area contributed by atoms with E-state index < -0.39 is 22.0 Å². The zero-order valence-electron chi connectivity index (χ0n) is 16.6. The van der Waals surface area contributed by atoms with Crippen molar-refractivity contribution in [2.24, 2.45) is 0 Å². The molecule has 0 bridgehead atoms. The van der Waals surface area contributed by atoms with Gasteiger partial charge in [-0.1, -0.05) is 6.07 Å². The molecule has 0 aromatic heterocycles. The van der Waals surface area contributed by atoms with E-state index in [1.807, 2.05) is 32.0 Å². The normalized spacial score (nSPS) is 11.0. The van der Waals surface area contributed by atoms with Gasteiger partial charge in [0.1, 0.15) is 12.4 Å². The zero-order chi connectivity index (χ0) is 21.6. The minimum Gasteiger partial charge on any atom is -0.492 e. The number of carbonyl (C=O) groups excluding carboxylic acids is 2. The largest absolute Gasteiger partial charge is 0.492 e. The molecule has 0 fully saturated rings. The Balaban J connectivity index is 2.14. The van der Waals surface area contributed by atoms with Gasteiger partial charge in [0.25, 0.3) is 0 Å². The molecule has 0 heterocycles. The number of hydrogen-bond acceptors (Lipinski definition) is 7. The molecule has 29 heavy (non-hydrogen) atoms. The van der Waals surface area contributed by atoms with Crippen molar-refractivity contribution in [1.29, 1.82) is 0 Å². The second kappa shape index (κ2) is 9.53. The summed E-state index contributed by atoms with van der Waals surface area (Å²) in [7, 11) is -1.69. The first-order valence-corrected chi connectivity index (χ1v) is 10.2. The van der Waals surface area contributed by atoms with E-state index in [-0.39, 0.29) is 29.2 Å². The highest BCUT2D eigenvalue weighted by atomic mass is 32.2. The number of ether oxygens (including phenoxy) is 3. The molecule has 0 aliphatic heterocycles. The Kier molecular flexibility index (Phi) is 7.35. The lowest BCUT2D eigenvalue weighted by molar-refractivity contribution is 0.0598. The van der Waals surface area contributed by atoms with Gasteiger partial charge in [-0.25, -0.2) is 22.7 Å². The molecule has 0 amide bonds. The van der Waals surface area contributed by atoms with Crippen LogP contribution in [0.25, 0.3) is 0 Å². The first-order chi connectivity index (χ1) is 13.7. The van der Waals surface area contributed by atoms with Gasteiger partial charge in [0, 0.05) is 6.54 Å². The summed E-state index contributed by atoms with van der Waals surface area (Å²) < 4.78 is 42.4. The number of methoxy groups -OCH3 is 2. The summed E-state index contributed by atoms with van der Waals surface area (Å²) in [5, 5.41) is 0. The van der Waals surface area contributed by atoms with Crippen LogP contribution in [-0.2, 0) is 19.5 Å². The number of sulfonamides is 1. The third-order valence-electron chi connectivity index (χ3n) is 3.92. The van der Waals surface area contributed by atoms with E-state index in [4.69, 9.17) is 4.74 Å². The predicted molar refractivity (Wildman–Crippen MR) is 106 cm³/mol. The quantitative estimate of drug-likeness (QED) is 0.514. The summed E-state index contributed by atoms with van der Waals surface area (Å²) in [6.07, 6.45) is 0. The number of nitrogens with one attached hydrogen (secondary N) is 1. The van der Waals surface area contributed by atoms with Gasteiger partial charge in [-0.3, -0.25) is 0 Å². The van der Waals surface area contributed by atoms with Crippen molar-refractivity contribution in [1.82, 2.24) is 4.72 Å². The van der Waals surface area contributed by atoms with Crippen LogP contribution in [0, 0.1) is 13.8 Å². The molecule has 0 aliphatic rings. The van der Waals surface area contributed by atoms with E-state index in [1.165, 1.54) is 6.07 Å². The van der Waals surface area contributed by atoms with Gasteiger partial charge in [-0.2, -0.15) is 0 Å². The Morgan fingerprint density at radius 3 is 1.86 bits per heavy atom. The van der Waals surface area contributed by atoms with Crippen molar-refractivity contribution >= 4 is 22.0 Å². The maximum atomic E-state index is 12.6. The molecule has 2 aromatic carbocycles. The first kappa shape index (κ1) is 22.4. The smallest absolute Gasteiger partial charge is 0.337 e. The molecule has 156 valence electrons. The molecule has 2 aromatic rings. The molecule has 9 heteroatoms. The van der Waals surface area contributed by atoms with Gasteiger partial charge in [-0.15, -0.1) is 0 Å². The van der Waals surface area contributed by atoms with Crippen molar-refractivity contribution in [3.63, 3.8) is 0 Å². The molecule has 8 nitrogen and oxygen atoms in total. The molecule has 0 saturated heterocycles. The number of esters is 2. The molecule has 1 N–H and O–H groups in total. The number of hydrogen-bond donors (Lipinski definition) is 1. The van der Waals surface area contributed by atoms with E-state index in [0.717, 1.165) is 37.5 Å². The van der Waals surface area contributed by atoms with Crippen molar-refractivity contribution in [3.8, 4) is 5.75 Å². The Morgan fingerprint density at radius 2 is 1.38 bits per heavy atom. The van der Waals surface area contributed by atoms with Gasteiger partial charge in [0.15, 0.2) is 0 Å². The minimum absolute atomic E-state index is 0.00860. The first-order valence-electron chi connectivity index (χ1n) is 8.69. The Labute approximate surface area is 169 Å². The molecule has 0 saturated carbocycles. The molecule has 0 atom stereocenters. The topological polar surface area (TPSA) is 108 Å². The average Bonchev–Trinajstić information content (AvgIpc) is 2.69. The van der Waals surface area contributed by atoms with Crippen molar-refractivity contribution < 1.29 is 32.2 Å². The van der Waals surface area contributed by atoms with E-state index in [2.05, 4.69) is 14.2 Å². The van der Waals surface area contributed by atoms with Crippen LogP contribution in [0.5, 0.6) is 5.75 Å². The lowest BCUT2D eigenvalue weighted by Gasteiger charge is -2.11. The molecular weight excluding hydrogens is 398 g/mol. The van der Waals surface area contributed by atoms with Crippen molar-refractivity contribution in [2.75, 3.05) is 27.4 Å². The summed E-state index contributed by atoms with van der Waals surface area (Å²) >= 11 is 0. The van der Waals surface area contributed by atoms with E-state index in [0.29, 0.717) is 5.75 Å². The Morgan fingerprint density at radius 1 is 0.862 bits per heavy atom. The number of rotatable bonds is 8. The van der Waals surface area contributed by atoms with Crippen LogP contribution in [0.15, 0.2) is 41.3 Å². The second-order valence-electron chi connectivity index (χ2n) is 6.30.